The fourth-order valence-electron chi connectivity index (χ4n) is 6.52. The van der Waals surface area contributed by atoms with Crippen LogP contribution in [-0.4, -0.2) is 71.1 Å². The molecule has 1 fully saturated rings. The van der Waals surface area contributed by atoms with Crippen LogP contribution in [0.5, 0.6) is 5.75 Å². The van der Waals surface area contributed by atoms with Gasteiger partial charge < -0.3 is 14.2 Å². The van der Waals surface area contributed by atoms with E-state index in [1.165, 1.54) is 10.7 Å². The first-order valence-corrected chi connectivity index (χ1v) is 15.8. The number of nitro benzene ring substituents is 1. The molecule has 8 rings (SSSR count). The maximum absolute atomic E-state index is 13.5. The van der Waals surface area contributed by atoms with Crippen LogP contribution < -0.4 is 4.74 Å². The highest BCUT2D eigenvalue weighted by Gasteiger charge is 2.29. The predicted octanol–water partition coefficient (Wildman–Crippen LogP) is 5.81. The van der Waals surface area contributed by atoms with E-state index < -0.39 is 4.92 Å². The average molecular weight is 656 g/mol. The molecule has 244 valence electrons. The van der Waals surface area contributed by atoms with Crippen LogP contribution in [0.15, 0.2) is 95.6 Å². The number of carbonyl (C=O) groups excluding carboxylic acids is 1. The Hall–Kier alpha value is -6.44. The van der Waals surface area contributed by atoms with Gasteiger partial charge in [0.2, 0.25) is 0 Å². The van der Waals surface area contributed by atoms with Crippen molar-refractivity contribution >= 4 is 33.4 Å². The van der Waals surface area contributed by atoms with Crippen LogP contribution in [0.4, 0.5) is 5.69 Å². The van der Waals surface area contributed by atoms with Gasteiger partial charge in [-0.15, -0.1) is 10.2 Å². The average Bonchev–Trinajstić information content (AvgIpc) is 3.91. The highest BCUT2D eigenvalue weighted by Crippen LogP contribution is 2.36. The van der Waals surface area contributed by atoms with Gasteiger partial charge in [-0.3, -0.25) is 14.9 Å². The number of carbonyl (C=O) groups is 1. The van der Waals surface area contributed by atoms with E-state index in [4.69, 9.17) is 9.26 Å². The number of nitro groups is 1. The third-order valence-corrected chi connectivity index (χ3v) is 9.00. The molecule has 1 aliphatic rings. The van der Waals surface area contributed by atoms with E-state index in [-0.39, 0.29) is 28.8 Å². The number of rotatable bonds is 8. The summed E-state index contributed by atoms with van der Waals surface area (Å²) in [5.74, 6) is 1.20. The largest absolute Gasteiger partial charge is 0.496 e. The molecule has 0 saturated carbocycles. The number of nitrogens with zero attached hydrogens (tertiary/aromatic N) is 9. The molecule has 0 spiro atoms. The van der Waals surface area contributed by atoms with Gasteiger partial charge in [0.05, 0.1) is 35.0 Å². The smallest absolute Gasteiger partial charge is 0.295 e. The number of methoxy groups -OCH3 is 1. The summed E-state index contributed by atoms with van der Waals surface area (Å²) in [6, 6.07) is 25.6. The van der Waals surface area contributed by atoms with Crippen LogP contribution in [0.2, 0.25) is 0 Å². The van der Waals surface area contributed by atoms with Gasteiger partial charge in [0.15, 0.2) is 5.76 Å². The van der Waals surface area contributed by atoms with E-state index >= 15 is 0 Å². The minimum atomic E-state index is -0.502. The third-order valence-electron chi connectivity index (χ3n) is 9.00. The van der Waals surface area contributed by atoms with E-state index in [9.17, 15) is 14.9 Å². The highest BCUT2D eigenvalue weighted by atomic mass is 16.6. The summed E-state index contributed by atoms with van der Waals surface area (Å²) in [5, 5.41) is 35.4. The summed E-state index contributed by atoms with van der Waals surface area (Å²) < 4.78 is 14.4. The molecule has 0 unspecified atom stereocenters. The molecular formula is C35H29N9O5. The standard InChI is InChI=1S/C35H29N9O5/c1-48-33-13-11-22-6-2-3-7-26(22)34(33)29-21-42(39-37-29)20-25-19-28(38-49-25)23-14-16-41(17-15-23)35(45)24-10-12-31(32(18-24)44(46)47)43-30-9-5-4-8-27(30)36-40-43/h2-13,18-19,21,23H,14-17,20H2,1H3. The molecule has 7 aromatic rings. The second-order valence-corrected chi connectivity index (χ2v) is 11.9. The molecule has 4 heterocycles. The fourth-order valence-corrected chi connectivity index (χ4v) is 6.52. The second kappa shape index (κ2) is 12.3. The Balaban J connectivity index is 0.934. The zero-order valence-corrected chi connectivity index (χ0v) is 26.3. The van der Waals surface area contributed by atoms with Crippen LogP contribution in [0.3, 0.4) is 0 Å². The Morgan fingerprint density at radius 2 is 1.80 bits per heavy atom. The molecule has 1 aliphatic heterocycles. The molecule has 0 bridgehead atoms. The number of ether oxygens (including phenoxy) is 1. The van der Waals surface area contributed by atoms with Crippen molar-refractivity contribution in [3.05, 3.63) is 118 Å². The van der Waals surface area contributed by atoms with Crippen LogP contribution in [0.25, 0.3) is 38.8 Å². The maximum atomic E-state index is 13.5. The lowest BCUT2D eigenvalue weighted by Gasteiger charge is -2.31. The van der Waals surface area contributed by atoms with Crippen molar-refractivity contribution in [1.82, 2.24) is 40.0 Å². The van der Waals surface area contributed by atoms with Gasteiger partial charge in [-0.25, -0.2) is 9.36 Å². The molecule has 0 aliphatic carbocycles. The molecular weight excluding hydrogens is 626 g/mol. The number of hydrogen-bond donors (Lipinski definition) is 0. The molecule has 14 nitrogen and oxygen atoms in total. The van der Waals surface area contributed by atoms with Crippen LogP contribution in [0.1, 0.15) is 40.6 Å². The van der Waals surface area contributed by atoms with E-state index in [1.54, 1.807) is 41.0 Å². The summed E-state index contributed by atoms with van der Waals surface area (Å²) in [4.78, 5) is 26.7. The van der Waals surface area contributed by atoms with Crippen molar-refractivity contribution < 1.29 is 19.0 Å². The van der Waals surface area contributed by atoms with Crippen molar-refractivity contribution in [2.45, 2.75) is 25.3 Å². The number of piperidine rings is 1. The van der Waals surface area contributed by atoms with Crippen molar-refractivity contribution in [3.8, 4) is 22.7 Å². The topological polar surface area (TPSA) is 160 Å². The first-order chi connectivity index (χ1) is 24.0. The SMILES string of the molecule is COc1ccc2ccccc2c1-c1cn(Cc2cc(C3CCN(C(=O)c4ccc(-n5nnc6ccccc65)c([N+](=O)[O-])c4)CC3)no2)nn1. The normalized spacial score (nSPS) is 13.7. The molecule has 3 aromatic heterocycles. The molecule has 49 heavy (non-hydrogen) atoms. The summed E-state index contributed by atoms with van der Waals surface area (Å²) in [5.41, 5.74) is 3.90. The number of fused-ring (bicyclic) bond motifs is 2. The molecule has 1 amide bonds. The Labute approximate surface area is 278 Å². The Morgan fingerprint density at radius 3 is 2.63 bits per heavy atom. The number of benzene rings is 4. The van der Waals surface area contributed by atoms with Crippen molar-refractivity contribution in [2.24, 2.45) is 0 Å². The molecule has 0 radical (unpaired) electrons. The molecule has 0 atom stereocenters. The lowest BCUT2D eigenvalue weighted by Crippen LogP contribution is -2.38. The summed E-state index contributed by atoms with van der Waals surface area (Å²) in [7, 11) is 1.64. The van der Waals surface area contributed by atoms with Crippen LogP contribution in [-0.2, 0) is 6.54 Å². The lowest BCUT2D eigenvalue weighted by molar-refractivity contribution is -0.384. The van der Waals surface area contributed by atoms with Crippen molar-refractivity contribution in [2.75, 3.05) is 20.2 Å². The first kappa shape index (κ1) is 29.9. The van der Waals surface area contributed by atoms with E-state index in [0.29, 0.717) is 60.7 Å². The van der Waals surface area contributed by atoms with E-state index in [0.717, 1.165) is 22.0 Å². The molecule has 1 saturated heterocycles. The van der Waals surface area contributed by atoms with Gasteiger partial charge in [0.25, 0.3) is 11.6 Å². The monoisotopic (exact) mass is 655 g/mol. The number of aromatic nitrogens is 7. The molecule has 0 N–H and O–H groups in total. The summed E-state index contributed by atoms with van der Waals surface area (Å²) >= 11 is 0. The van der Waals surface area contributed by atoms with Crippen LogP contribution in [0, 0.1) is 10.1 Å². The fraction of sp³-hybridized carbons (Fsp3) is 0.200. The Kier molecular flexibility index (Phi) is 7.51. The minimum absolute atomic E-state index is 0.102. The quantitative estimate of drug-likeness (QED) is 0.144. The van der Waals surface area contributed by atoms with Crippen molar-refractivity contribution in [3.63, 3.8) is 0 Å². The first-order valence-electron chi connectivity index (χ1n) is 15.8. The summed E-state index contributed by atoms with van der Waals surface area (Å²) in [6.07, 6.45) is 3.22. The van der Waals surface area contributed by atoms with Gasteiger partial charge >= 0.3 is 0 Å². The number of likely N-dealkylation sites (tertiary alicyclic amines) is 1. The van der Waals surface area contributed by atoms with E-state index in [1.807, 2.05) is 60.8 Å². The zero-order chi connectivity index (χ0) is 33.5. The maximum Gasteiger partial charge on any atom is 0.295 e. The zero-order valence-electron chi connectivity index (χ0n) is 26.3. The van der Waals surface area contributed by atoms with Crippen LogP contribution >= 0.6 is 0 Å². The third kappa shape index (κ3) is 5.52. The number of para-hydroxylation sites is 1. The summed E-state index contributed by atoms with van der Waals surface area (Å²) in [6.45, 7) is 1.31. The van der Waals surface area contributed by atoms with Crippen molar-refractivity contribution in [1.29, 1.82) is 0 Å². The predicted molar refractivity (Wildman–Crippen MR) is 179 cm³/mol. The lowest BCUT2D eigenvalue weighted by atomic mass is 9.93. The second-order valence-electron chi connectivity index (χ2n) is 11.9. The van der Waals surface area contributed by atoms with Gasteiger partial charge in [0.1, 0.15) is 29.2 Å². The van der Waals surface area contributed by atoms with Gasteiger partial charge in [0, 0.05) is 36.7 Å². The van der Waals surface area contributed by atoms with Gasteiger partial charge in [-0.1, -0.05) is 58.0 Å². The minimum Gasteiger partial charge on any atom is -0.496 e. The van der Waals surface area contributed by atoms with Gasteiger partial charge in [-0.2, -0.15) is 0 Å². The Bertz CT molecular complexity index is 2350. The number of amides is 1. The van der Waals surface area contributed by atoms with Gasteiger partial charge in [-0.05, 0) is 53.9 Å². The molecule has 4 aromatic carbocycles. The highest BCUT2D eigenvalue weighted by molar-refractivity contribution is 5.99. The number of hydrogen-bond acceptors (Lipinski definition) is 10. The molecule has 14 heteroatoms. The van der Waals surface area contributed by atoms with E-state index in [2.05, 4.69) is 25.8 Å². The Morgan fingerprint density at radius 1 is 0.980 bits per heavy atom.